The number of ether oxygens (including phenoxy) is 3. The maximum atomic E-state index is 11.2. The van der Waals surface area contributed by atoms with Gasteiger partial charge in [0.1, 0.15) is 6.61 Å². The SMILES string of the molecule is COCCOc1cc(CN(CCCO)C[C@@H](O)Cn2c3ccccc3c3ccccc32)ccc1OC. The number of aliphatic hydroxyl groups is 2. The zero-order chi connectivity index (χ0) is 25.3. The monoisotopic (exact) mass is 492 g/mol. The number of para-hydroxylation sites is 2. The Labute approximate surface area is 212 Å². The summed E-state index contributed by atoms with van der Waals surface area (Å²) in [6.07, 6.45) is 0.0497. The van der Waals surface area contributed by atoms with Crippen molar-refractivity contribution in [2.75, 3.05) is 47.1 Å². The summed E-state index contributed by atoms with van der Waals surface area (Å²) in [4.78, 5) is 2.18. The van der Waals surface area contributed by atoms with Crippen molar-refractivity contribution in [2.24, 2.45) is 0 Å². The lowest BCUT2D eigenvalue weighted by Crippen LogP contribution is -2.35. The first kappa shape index (κ1) is 26.0. The van der Waals surface area contributed by atoms with Crippen molar-refractivity contribution in [3.63, 3.8) is 0 Å². The molecule has 3 aromatic carbocycles. The average Bonchev–Trinajstić information content (AvgIpc) is 3.21. The highest BCUT2D eigenvalue weighted by atomic mass is 16.5. The van der Waals surface area contributed by atoms with Gasteiger partial charge in [-0.05, 0) is 36.2 Å². The first-order valence-electron chi connectivity index (χ1n) is 12.4. The molecule has 0 spiro atoms. The number of methoxy groups -OCH3 is 2. The average molecular weight is 493 g/mol. The van der Waals surface area contributed by atoms with Gasteiger partial charge in [-0.3, -0.25) is 4.90 Å². The van der Waals surface area contributed by atoms with Gasteiger partial charge in [0.25, 0.3) is 0 Å². The van der Waals surface area contributed by atoms with Crippen LogP contribution in [0.3, 0.4) is 0 Å². The van der Waals surface area contributed by atoms with Crippen LogP contribution in [0.25, 0.3) is 21.8 Å². The fourth-order valence-electron chi connectivity index (χ4n) is 4.72. The quantitative estimate of drug-likeness (QED) is 0.259. The van der Waals surface area contributed by atoms with Crippen LogP contribution in [0, 0.1) is 0 Å². The maximum Gasteiger partial charge on any atom is 0.161 e. The number of aliphatic hydroxyl groups excluding tert-OH is 2. The molecule has 0 amide bonds. The van der Waals surface area contributed by atoms with Crippen molar-refractivity contribution >= 4 is 21.8 Å². The van der Waals surface area contributed by atoms with Gasteiger partial charge in [-0.25, -0.2) is 0 Å². The molecule has 0 saturated heterocycles. The second-order valence-electron chi connectivity index (χ2n) is 8.94. The van der Waals surface area contributed by atoms with Crippen molar-refractivity contribution < 1.29 is 24.4 Å². The van der Waals surface area contributed by atoms with Gasteiger partial charge in [0.15, 0.2) is 11.5 Å². The highest BCUT2D eigenvalue weighted by molar-refractivity contribution is 6.07. The molecule has 192 valence electrons. The first-order chi connectivity index (χ1) is 17.6. The minimum atomic E-state index is -0.585. The van der Waals surface area contributed by atoms with Gasteiger partial charge in [0.2, 0.25) is 0 Å². The Morgan fingerprint density at radius 3 is 2.22 bits per heavy atom. The predicted octanol–water partition coefficient (Wildman–Crippen LogP) is 4.07. The van der Waals surface area contributed by atoms with Crippen molar-refractivity contribution in [1.82, 2.24) is 9.47 Å². The Kier molecular flexibility index (Phi) is 9.19. The van der Waals surface area contributed by atoms with Crippen LogP contribution >= 0.6 is 0 Å². The number of nitrogens with zero attached hydrogens (tertiary/aromatic N) is 2. The Bertz CT molecular complexity index is 1200. The van der Waals surface area contributed by atoms with Crippen LogP contribution in [0.4, 0.5) is 0 Å². The summed E-state index contributed by atoms with van der Waals surface area (Å²) in [6.45, 7) is 3.28. The summed E-state index contributed by atoms with van der Waals surface area (Å²) in [5.74, 6) is 1.34. The molecule has 1 heterocycles. The summed E-state index contributed by atoms with van der Waals surface area (Å²) in [5.41, 5.74) is 3.28. The molecule has 0 aliphatic heterocycles. The van der Waals surface area contributed by atoms with Crippen molar-refractivity contribution in [3.05, 3.63) is 72.3 Å². The number of hydrogen-bond donors (Lipinski definition) is 2. The number of benzene rings is 3. The van der Waals surface area contributed by atoms with Crippen LogP contribution in [0.5, 0.6) is 11.5 Å². The van der Waals surface area contributed by atoms with E-state index in [9.17, 15) is 10.2 Å². The summed E-state index contributed by atoms with van der Waals surface area (Å²) >= 11 is 0. The Morgan fingerprint density at radius 2 is 1.58 bits per heavy atom. The highest BCUT2D eigenvalue weighted by Gasteiger charge is 2.17. The lowest BCUT2D eigenvalue weighted by atomic mass is 10.1. The van der Waals surface area contributed by atoms with Gasteiger partial charge in [-0.15, -0.1) is 0 Å². The molecule has 0 saturated carbocycles. The van der Waals surface area contributed by atoms with Crippen LogP contribution < -0.4 is 9.47 Å². The van der Waals surface area contributed by atoms with Crippen LogP contribution in [0.2, 0.25) is 0 Å². The van der Waals surface area contributed by atoms with Crippen LogP contribution in [-0.4, -0.2) is 72.9 Å². The van der Waals surface area contributed by atoms with Gasteiger partial charge < -0.3 is 29.0 Å². The van der Waals surface area contributed by atoms with E-state index in [1.807, 2.05) is 42.5 Å². The lowest BCUT2D eigenvalue weighted by Gasteiger charge is -2.26. The van der Waals surface area contributed by atoms with E-state index >= 15 is 0 Å². The molecule has 4 aromatic rings. The molecule has 0 bridgehead atoms. The van der Waals surface area contributed by atoms with Crippen LogP contribution in [-0.2, 0) is 17.8 Å². The zero-order valence-electron chi connectivity index (χ0n) is 21.1. The third-order valence-electron chi connectivity index (χ3n) is 6.35. The van der Waals surface area contributed by atoms with Crippen molar-refractivity contribution in [1.29, 1.82) is 0 Å². The lowest BCUT2D eigenvalue weighted by molar-refractivity contribution is 0.0920. The highest BCUT2D eigenvalue weighted by Crippen LogP contribution is 2.30. The van der Waals surface area contributed by atoms with Crippen LogP contribution in [0.15, 0.2) is 66.7 Å². The molecule has 36 heavy (non-hydrogen) atoms. The van der Waals surface area contributed by atoms with E-state index in [4.69, 9.17) is 14.2 Å². The molecular weight excluding hydrogens is 456 g/mol. The van der Waals surface area contributed by atoms with E-state index in [2.05, 4.69) is 33.7 Å². The number of hydrogen-bond acceptors (Lipinski definition) is 6. The third kappa shape index (κ3) is 6.17. The number of fused-ring (bicyclic) bond motifs is 3. The Morgan fingerprint density at radius 1 is 0.889 bits per heavy atom. The van der Waals surface area contributed by atoms with E-state index in [0.29, 0.717) is 57.3 Å². The van der Waals surface area contributed by atoms with Gasteiger partial charge in [0, 0.05) is 55.2 Å². The topological polar surface area (TPSA) is 76.3 Å². The van der Waals surface area contributed by atoms with Gasteiger partial charge >= 0.3 is 0 Å². The molecule has 7 nitrogen and oxygen atoms in total. The number of aromatic nitrogens is 1. The van der Waals surface area contributed by atoms with Crippen LogP contribution in [0.1, 0.15) is 12.0 Å². The number of rotatable bonds is 14. The molecule has 1 aromatic heterocycles. The smallest absolute Gasteiger partial charge is 0.161 e. The molecule has 1 atom stereocenters. The molecular formula is C29H36N2O5. The molecule has 7 heteroatoms. The zero-order valence-corrected chi connectivity index (χ0v) is 21.1. The molecule has 2 N–H and O–H groups in total. The van der Waals surface area contributed by atoms with Gasteiger partial charge in [0.05, 0.1) is 26.4 Å². The van der Waals surface area contributed by atoms with E-state index in [1.54, 1.807) is 14.2 Å². The standard InChI is InChI=1S/C29H36N2O5/c1-34-16-17-36-29-18-22(12-13-28(29)35-2)19-30(14-7-15-32)20-23(33)21-31-26-10-5-3-8-24(26)25-9-4-6-11-27(25)31/h3-6,8-13,18,23,32-33H,7,14-17,19-21H2,1-2H3/t23-/m1/s1. The van der Waals surface area contributed by atoms with Gasteiger partial charge in [-0.2, -0.15) is 0 Å². The van der Waals surface area contributed by atoms with E-state index < -0.39 is 6.10 Å². The summed E-state index contributed by atoms with van der Waals surface area (Å²) in [7, 11) is 3.26. The Hall–Kier alpha value is -3.10. The second kappa shape index (κ2) is 12.7. The third-order valence-corrected chi connectivity index (χ3v) is 6.35. The van der Waals surface area contributed by atoms with Crippen molar-refractivity contribution in [2.45, 2.75) is 25.6 Å². The molecule has 0 fully saturated rings. The largest absolute Gasteiger partial charge is 0.493 e. The first-order valence-corrected chi connectivity index (χ1v) is 12.4. The van der Waals surface area contributed by atoms with E-state index in [1.165, 1.54) is 10.8 Å². The predicted molar refractivity (Wildman–Crippen MR) is 143 cm³/mol. The maximum absolute atomic E-state index is 11.2. The molecule has 4 rings (SSSR count). The fraction of sp³-hybridized carbons (Fsp3) is 0.379. The molecule has 0 unspecified atom stereocenters. The Balaban J connectivity index is 1.51. The molecule has 0 radical (unpaired) electrons. The minimum absolute atomic E-state index is 0.105. The van der Waals surface area contributed by atoms with Gasteiger partial charge in [-0.1, -0.05) is 42.5 Å². The molecule has 0 aliphatic carbocycles. The van der Waals surface area contributed by atoms with E-state index in [-0.39, 0.29) is 6.61 Å². The normalized spacial score (nSPS) is 12.5. The second-order valence-corrected chi connectivity index (χ2v) is 8.94. The minimum Gasteiger partial charge on any atom is -0.493 e. The summed E-state index contributed by atoms with van der Waals surface area (Å²) in [6, 6.07) is 22.5. The van der Waals surface area contributed by atoms with Crippen molar-refractivity contribution in [3.8, 4) is 11.5 Å². The van der Waals surface area contributed by atoms with E-state index in [0.717, 1.165) is 16.6 Å². The summed E-state index contributed by atoms with van der Waals surface area (Å²) < 4.78 is 18.6. The summed E-state index contributed by atoms with van der Waals surface area (Å²) in [5, 5.41) is 23.0. The molecule has 0 aliphatic rings. The fourth-order valence-corrected chi connectivity index (χ4v) is 4.72.